The summed E-state index contributed by atoms with van der Waals surface area (Å²) in [4.78, 5) is 19.6. The molecule has 0 saturated heterocycles. The molecule has 0 atom stereocenters. The highest BCUT2D eigenvalue weighted by molar-refractivity contribution is 6.30. The third-order valence-corrected chi connectivity index (χ3v) is 5.54. The minimum atomic E-state index is -0.486. The van der Waals surface area contributed by atoms with Crippen molar-refractivity contribution in [3.05, 3.63) is 59.1 Å². The summed E-state index contributed by atoms with van der Waals surface area (Å²) in [6, 6.07) is 16.1. The molecule has 2 aromatic rings. The first kappa shape index (κ1) is 16.3. The summed E-state index contributed by atoms with van der Waals surface area (Å²) in [6.45, 7) is 2.68. The fraction of sp³-hybridized carbons (Fsp3) is 0.333. The Morgan fingerprint density at radius 1 is 0.960 bits per heavy atom. The number of benzene rings is 2. The molecule has 4 rings (SSSR count). The molecule has 4 heteroatoms. The fourth-order valence-corrected chi connectivity index (χ4v) is 4.04. The van der Waals surface area contributed by atoms with Crippen LogP contribution in [0.15, 0.2) is 53.5 Å². The minimum absolute atomic E-state index is 0.185. The third-order valence-electron chi connectivity index (χ3n) is 5.29. The summed E-state index contributed by atoms with van der Waals surface area (Å²) in [5.41, 5.74) is 2.78. The van der Waals surface area contributed by atoms with Crippen LogP contribution < -0.4 is 0 Å². The second-order valence-electron chi connectivity index (χ2n) is 6.81. The molecule has 1 amide bonds. The average molecular weight is 353 g/mol. The zero-order valence-corrected chi connectivity index (χ0v) is 15.1. The van der Waals surface area contributed by atoms with Crippen LogP contribution >= 0.6 is 11.6 Å². The molecule has 1 aliphatic carbocycles. The average Bonchev–Trinajstić information content (AvgIpc) is 3.22. The summed E-state index contributed by atoms with van der Waals surface area (Å²) in [7, 11) is 0. The van der Waals surface area contributed by atoms with Gasteiger partial charge in [0, 0.05) is 17.1 Å². The number of halogens is 1. The van der Waals surface area contributed by atoms with Gasteiger partial charge in [0.1, 0.15) is 11.4 Å². The predicted molar refractivity (Wildman–Crippen MR) is 102 cm³/mol. The van der Waals surface area contributed by atoms with Gasteiger partial charge in [0.05, 0.1) is 0 Å². The first-order valence-corrected chi connectivity index (χ1v) is 9.29. The number of carbonyl (C=O) groups excluding carboxylic acids is 1. The summed E-state index contributed by atoms with van der Waals surface area (Å²) < 4.78 is 0. The molecule has 0 radical (unpaired) electrons. The van der Waals surface area contributed by atoms with Crippen molar-refractivity contribution in [3.8, 4) is 11.1 Å². The van der Waals surface area contributed by atoms with Crippen LogP contribution in [0.3, 0.4) is 0 Å². The standard InChI is InChI=1S/C21H21ClN2O/c1-2-24-19(23-21(20(24)25)13-3-4-14-21)17-7-5-15(6-8-17)16-9-11-18(22)12-10-16/h5-12H,2-4,13-14H2,1H3. The van der Waals surface area contributed by atoms with Crippen molar-refractivity contribution in [3.63, 3.8) is 0 Å². The lowest BCUT2D eigenvalue weighted by Crippen LogP contribution is -2.41. The zero-order valence-electron chi connectivity index (χ0n) is 14.3. The van der Waals surface area contributed by atoms with E-state index in [1.165, 1.54) is 0 Å². The van der Waals surface area contributed by atoms with Crippen molar-refractivity contribution < 1.29 is 4.79 Å². The first-order chi connectivity index (χ1) is 12.1. The molecule has 1 aliphatic heterocycles. The van der Waals surface area contributed by atoms with Gasteiger partial charge in [-0.3, -0.25) is 14.7 Å². The molecule has 0 unspecified atom stereocenters. The number of rotatable bonds is 3. The molecule has 25 heavy (non-hydrogen) atoms. The highest BCUT2D eigenvalue weighted by atomic mass is 35.5. The molecule has 1 heterocycles. The van der Waals surface area contributed by atoms with Crippen LogP contribution in [0.5, 0.6) is 0 Å². The normalized spacial score (nSPS) is 18.9. The van der Waals surface area contributed by atoms with Crippen LogP contribution in [0.25, 0.3) is 11.1 Å². The molecule has 0 aromatic heterocycles. The molecule has 0 bridgehead atoms. The smallest absolute Gasteiger partial charge is 0.256 e. The van der Waals surface area contributed by atoms with Gasteiger partial charge in [-0.25, -0.2) is 0 Å². The van der Waals surface area contributed by atoms with Crippen LogP contribution in [0.2, 0.25) is 5.02 Å². The molecular formula is C21H21ClN2O. The van der Waals surface area contributed by atoms with Crippen molar-refractivity contribution in [2.45, 2.75) is 38.1 Å². The van der Waals surface area contributed by atoms with Crippen molar-refractivity contribution in [2.75, 3.05) is 6.54 Å². The van der Waals surface area contributed by atoms with Gasteiger partial charge in [-0.2, -0.15) is 0 Å². The van der Waals surface area contributed by atoms with Crippen molar-refractivity contribution in [1.82, 2.24) is 4.90 Å². The van der Waals surface area contributed by atoms with Gasteiger partial charge in [0.25, 0.3) is 5.91 Å². The number of nitrogens with zero attached hydrogens (tertiary/aromatic N) is 2. The van der Waals surface area contributed by atoms with Crippen LogP contribution in [0, 0.1) is 0 Å². The van der Waals surface area contributed by atoms with Gasteiger partial charge in [0.2, 0.25) is 0 Å². The molecule has 1 saturated carbocycles. The van der Waals surface area contributed by atoms with E-state index in [2.05, 4.69) is 24.3 Å². The van der Waals surface area contributed by atoms with Gasteiger partial charge >= 0.3 is 0 Å². The van der Waals surface area contributed by atoms with E-state index in [1.807, 2.05) is 36.1 Å². The molecule has 1 spiro atoms. The maximum absolute atomic E-state index is 12.9. The Balaban J connectivity index is 1.67. The Morgan fingerprint density at radius 3 is 2.04 bits per heavy atom. The maximum Gasteiger partial charge on any atom is 0.256 e. The van der Waals surface area contributed by atoms with E-state index >= 15 is 0 Å². The summed E-state index contributed by atoms with van der Waals surface area (Å²) in [5, 5.41) is 0.736. The Kier molecular flexibility index (Phi) is 4.12. The molecule has 1 fully saturated rings. The van der Waals surface area contributed by atoms with E-state index in [1.54, 1.807) is 0 Å². The van der Waals surface area contributed by atoms with Crippen LogP contribution in [0.4, 0.5) is 0 Å². The zero-order chi connectivity index (χ0) is 17.4. The van der Waals surface area contributed by atoms with E-state index in [-0.39, 0.29) is 5.91 Å². The Bertz CT molecular complexity index is 818. The van der Waals surface area contributed by atoms with Crippen LogP contribution in [0.1, 0.15) is 38.2 Å². The summed E-state index contributed by atoms with van der Waals surface area (Å²) in [5.74, 6) is 1.02. The molecule has 2 aliphatic rings. The molecule has 0 N–H and O–H groups in total. The predicted octanol–water partition coefficient (Wildman–Crippen LogP) is 4.93. The second-order valence-corrected chi connectivity index (χ2v) is 7.24. The van der Waals surface area contributed by atoms with Crippen molar-refractivity contribution >= 4 is 23.3 Å². The number of amidine groups is 1. The van der Waals surface area contributed by atoms with E-state index < -0.39 is 5.54 Å². The van der Waals surface area contributed by atoms with Gasteiger partial charge in [-0.05, 0) is 43.0 Å². The Hall–Kier alpha value is -2.13. The Morgan fingerprint density at radius 2 is 1.48 bits per heavy atom. The van der Waals surface area contributed by atoms with E-state index in [0.29, 0.717) is 6.54 Å². The number of likely N-dealkylation sites (N-methyl/N-ethyl adjacent to an activating group) is 1. The highest BCUT2D eigenvalue weighted by Crippen LogP contribution is 2.39. The van der Waals surface area contributed by atoms with Crippen LogP contribution in [-0.2, 0) is 4.79 Å². The summed E-state index contributed by atoms with van der Waals surface area (Å²) >= 11 is 5.96. The number of hydrogen-bond acceptors (Lipinski definition) is 2. The topological polar surface area (TPSA) is 32.7 Å². The van der Waals surface area contributed by atoms with Gasteiger partial charge in [-0.15, -0.1) is 0 Å². The minimum Gasteiger partial charge on any atom is -0.295 e. The molecule has 128 valence electrons. The van der Waals surface area contributed by atoms with Gasteiger partial charge in [-0.1, -0.05) is 60.8 Å². The number of carbonyl (C=O) groups is 1. The molecular weight excluding hydrogens is 332 g/mol. The second kappa shape index (κ2) is 6.30. The lowest BCUT2D eigenvalue weighted by molar-refractivity contribution is -0.130. The Labute approximate surface area is 153 Å². The fourth-order valence-electron chi connectivity index (χ4n) is 3.91. The van der Waals surface area contributed by atoms with Gasteiger partial charge < -0.3 is 0 Å². The lowest BCUT2D eigenvalue weighted by Gasteiger charge is -2.21. The number of hydrogen-bond donors (Lipinski definition) is 0. The highest BCUT2D eigenvalue weighted by Gasteiger charge is 2.49. The number of aliphatic imine (C=N–C) groups is 1. The van der Waals surface area contributed by atoms with Crippen LogP contribution in [-0.4, -0.2) is 28.7 Å². The van der Waals surface area contributed by atoms with Gasteiger partial charge in [0.15, 0.2) is 0 Å². The number of amides is 1. The first-order valence-electron chi connectivity index (χ1n) is 8.91. The molecule has 3 nitrogen and oxygen atoms in total. The van der Waals surface area contributed by atoms with Crippen molar-refractivity contribution in [2.24, 2.45) is 4.99 Å². The SMILES string of the molecule is CCN1C(=O)C2(CCCC2)N=C1c1ccc(-c2ccc(Cl)cc2)cc1. The van der Waals surface area contributed by atoms with E-state index in [4.69, 9.17) is 16.6 Å². The quantitative estimate of drug-likeness (QED) is 0.771. The van der Waals surface area contributed by atoms with Crippen molar-refractivity contribution in [1.29, 1.82) is 0 Å². The van der Waals surface area contributed by atoms with E-state index in [9.17, 15) is 4.79 Å². The summed E-state index contributed by atoms with van der Waals surface area (Å²) in [6.07, 6.45) is 3.95. The molecule has 2 aromatic carbocycles. The monoisotopic (exact) mass is 352 g/mol. The van der Waals surface area contributed by atoms with E-state index in [0.717, 1.165) is 53.2 Å². The largest absolute Gasteiger partial charge is 0.295 e. The maximum atomic E-state index is 12.9. The third kappa shape index (κ3) is 2.77. The lowest BCUT2D eigenvalue weighted by atomic mass is 9.98.